The van der Waals surface area contributed by atoms with Gasteiger partial charge in [0.2, 0.25) is 0 Å². The Morgan fingerprint density at radius 3 is 2.38 bits per heavy atom. The molecular weight excluding hydrogens is 255 g/mol. The number of rotatable bonds is 2. The van der Waals surface area contributed by atoms with Crippen molar-refractivity contribution in [3.05, 3.63) is 21.1 Å². The third-order valence-electron chi connectivity index (χ3n) is 1.73. The van der Waals surface area contributed by atoms with Crippen LogP contribution in [0.3, 0.4) is 0 Å². The van der Waals surface area contributed by atoms with Crippen LogP contribution < -0.4 is 9.47 Å². The van der Waals surface area contributed by atoms with Gasteiger partial charge in [0, 0.05) is 0 Å². The first-order chi connectivity index (χ1) is 6.11. The summed E-state index contributed by atoms with van der Waals surface area (Å²) >= 11 is 9.35. The predicted molar refractivity (Wildman–Crippen MR) is 57.0 cm³/mol. The quantitative estimate of drug-likeness (QED) is 0.816. The first kappa shape index (κ1) is 10.7. The lowest BCUT2D eigenvalue weighted by Crippen LogP contribution is -1.93. The van der Waals surface area contributed by atoms with Crippen LogP contribution >= 0.6 is 27.5 Å². The van der Waals surface area contributed by atoms with Crippen LogP contribution in [0.2, 0.25) is 5.02 Å². The molecule has 1 aromatic rings. The highest BCUT2D eigenvalue weighted by Crippen LogP contribution is 2.41. The van der Waals surface area contributed by atoms with E-state index in [-0.39, 0.29) is 0 Å². The summed E-state index contributed by atoms with van der Waals surface area (Å²) in [5, 5.41) is 0.651. The maximum atomic E-state index is 6.01. The van der Waals surface area contributed by atoms with Crippen LogP contribution in [0.25, 0.3) is 0 Å². The molecule has 0 heterocycles. The molecule has 0 atom stereocenters. The summed E-state index contributed by atoms with van der Waals surface area (Å²) in [7, 11) is 3.17. The van der Waals surface area contributed by atoms with Gasteiger partial charge >= 0.3 is 0 Å². The van der Waals surface area contributed by atoms with Gasteiger partial charge in [-0.15, -0.1) is 0 Å². The minimum Gasteiger partial charge on any atom is -0.493 e. The number of methoxy groups -OCH3 is 2. The third-order valence-corrected chi connectivity index (χ3v) is 3.21. The SMILES string of the molecule is COc1cc(C)c(Cl)c(Br)c1OC. The van der Waals surface area contributed by atoms with Crippen molar-refractivity contribution in [2.75, 3.05) is 14.2 Å². The van der Waals surface area contributed by atoms with Crippen molar-refractivity contribution in [3.63, 3.8) is 0 Å². The second kappa shape index (κ2) is 4.20. The lowest BCUT2D eigenvalue weighted by molar-refractivity contribution is 0.353. The van der Waals surface area contributed by atoms with E-state index in [9.17, 15) is 0 Å². The zero-order valence-electron chi connectivity index (χ0n) is 7.65. The summed E-state index contributed by atoms with van der Waals surface area (Å²) in [5.74, 6) is 1.30. The standard InChI is InChI=1S/C9H10BrClO2/c1-5-4-6(12-2)9(13-3)7(10)8(5)11/h4H,1-3H3. The van der Waals surface area contributed by atoms with E-state index in [0.29, 0.717) is 16.5 Å². The van der Waals surface area contributed by atoms with Gasteiger partial charge in [-0.1, -0.05) is 11.6 Å². The molecule has 1 rings (SSSR count). The Bertz CT molecular complexity index is 326. The molecule has 4 heteroatoms. The highest BCUT2D eigenvalue weighted by Gasteiger charge is 2.13. The number of benzene rings is 1. The minimum absolute atomic E-state index is 0.623. The van der Waals surface area contributed by atoms with Gasteiger partial charge in [-0.2, -0.15) is 0 Å². The predicted octanol–water partition coefficient (Wildman–Crippen LogP) is 3.43. The summed E-state index contributed by atoms with van der Waals surface area (Å²) in [6, 6.07) is 1.84. The minimum atomic E-state index is 0.623. The van der Waals surface area contributed by atoms with Gasteiger partial charge in [-0.3, -0.25) is 0 Å². The summed E-state index contributed by atoms with van der Waals surface area (Å²) < 4.78 is 11.0. The van der Waals surface area contributed by atoms with Crippen LogP contribution in [-0.4, -0.2) is 14.2 Å². The number of hydrogen-bond donors (Lipinski definition) is 0. The molecule has 0 aliphatic heterocycles. The van der Waals surface area contributed by atoms with Crippen LogP contribution in [0.4, 0.5) is 0 Å². The molecule has 0 spiro atoms. The maximum absolute atomic E-state index is 6.01. The molecule has 0 bridgehead atoms. The molecule has 0 fully saturated rings. The number of halogens is 2. The molecule has 0 aromatic heterocycles. The Kier molecular flexibility index (Phi) is 3.45. The number of hydrogen-bond acceptors (Lipinski definition) is 2. The fourth-order valence-electron chi connectivity index (χ4n) is 1.05. The van der Waals surface area contributed by atoms with Gasteiger partial charge in [0.25, 0.3) is 0 Å². The third kappa shape index (κ3) is 1.92. The van der Waals surface area contributed by atoms with E-state index in [1.165, 1.54) is 0 Å². The fraction of sp³-hybridized carbons (Fsp3) is 0.333. The zero-order valence-corrected chi connectivity index (χ0v) is 9.99. The summed E-state index contributed by atoms with van der Waals surface area (Å²) in [6.45, 7) is 1.91. The first-order valence-electron chi connectivity index (χ1n) is 3.68. The van der Waals surface area contributed by atoms with Crippen molar-refractivity contribution in [2.45, 2.75) is 6.92 Å². The van der Waals surface area contributed by atoms with E-state index in [0.717, 1.165) is 10.0 Å². The Labute approximate surface area is 90.9 Å². The molecule has 0 saturated carbocycles. The second-order valence-corrected chi connectivity index (χ2v) is 3.73. The molecular formula is C9H10BrClO2. The van der Waals surface area contributed by atoms with Crippen LogP contribution in [0.1, 0.15) is 5.56 Å². The largest absolute Gasteiger partial charge is 0.493 e. The van der Waals surface area contributed by atoms with Crippen molar-refractivity contribution < 1.29 is 9.47 Å². The molecule has 2 nitrogen and oxygen atoms in total. The number of ether oxygens (including phenoxy) is 2. The van der Waals surface area contributed by atoms with Gasteiger partial charge in [-0.25, -0.2) is 0 Å². The fourth-order valence-corrected chi connectivity index (χ4v) is 1.86. The van der Waals surface area contributed by atoms with Gasteiger partial charge in [0.15, 0.2) is 11.5 Å². The van der Waals surface area contributed by atoms with E-state index in [4.69, 9.17) is 21.1 Å². The highest BCUT2D eigenvalue weighted by atomic mass is 79.9. The molecule has 0 aliphatic rings. The van der Waals surface area contributed by atoms with Crippen LogP contribution in [0, 0.1) is 6.92 Å². The first-order valence-corrected chi connectivity index (χ1v) is 4.85. The zero-order chi connectivity index (χ0) is 10.0. The summed E-state index contributed by atoms with van der Waals surface area (Å²) in [6.07, 6.45) is 0. The number of aryl methyl sites for hydroxylation is 1. The molecule has 72 valence electrons. The van der Waals surface area contributed by atoms with E-state index in [1.54, 1.807) is 14.2 Å². The highest BCUT2D eigenvalue weighted by molar-refractivity contribution is 9.10. The van der Waals surface area contributed by atoms with E-state index in [1.807, 2.05) is 13.0 Å². The molecule has 0 aliphatic carbocycles. The van der Waals surface area contributed by atoms with Gasteiger partial charge < -0.3 is 9.47 Å². The van der Waals surface area contributed by atoms with Crippen molar-refractivity contribution in [1.82, 2.24) is 0 Å². The Balaban J connectivity index is 3.39. The molecule has 0 unspecified atom stereocenters. The second-order valence-electron chi connectivity index (χ2n) is 2.56. The summed E-state index contributed by atoms with van der Waals surface area (Å²) in [4.78, 5) is 0. The molecule has 0 saturated heterocycles. The summed E-state index contributed by atoms with van der Waals surface area (Å²) in [5.41, 5.74) is 0.950. The van der Waals surface area contributed by atoms with E-state index < -0.39 is 0 Å². The Morgan fingerprint density at radius 2 is 1.92 bits per heavy atom. The van der Waals surface area contributed by atoms with Crippen LogP contribution in [0.15, 0.2) is 10.5 Å². The maximum Gasteiger partial charge on any atom is 0.176 e. The van der Waals surface area contributed by atoms with Crippen molar-refractivity contribution in [1.29, 1.82) is 0 Å². The average molecular weight is 266 g/mol. The van der Waals surface area contributed by atoms with Gasteiger partial charge in [0.1, 0.15) is 0 Å². The Hall–Kier alpha value is -0.410. The topological polar surface area (TPSA) is 18.5 Å². The van der Waals surface area contributed by atoms with E-state index >= 15 is 0 Å². The van der Waals surface area contributed by atoms with Crippen LogP contribution in [0.5, 0.6) is 11.5 Å². The average Bonchev–Trinajstić information content (AvgIpc) is 2.13. The molecule has 0 amide bonds. The normalized spacial score (nSPS) is 9.92. The smallest absolute Gasteiger partial charge is 0.176 e. The van der Waals surface area contributed by atoms with Crippen molar-refractivity contribution in [2.24, 2.45) is 0 Å². The van der Waals surface area contributed by atoms with E-state index in [2.05, 4.69) is 15.9 Å². The monoisotopic (exact) mass is 264 g/mol. The lowest BCUT2D eigenvalue weighted by atomic mass is 10.2. The van der Waals surface area contributed by atoms with Crippen LogP contribution in [-0.2, 0) is 0 Å². The molecule has 0 radical (unpaired) electrons. The molecule has 0 N–H and O–H groups in total. The van der Waals surface area contributed by atoms with Gasteiger partial charge in [-0.05, 0) is 34.5 Å². The Morgan fingerprint density at radius 1 is 1.31 bits per heavy atom. The molecule has 13 heavy (non-hydrogen) atoms. The molecule has 1 aromatic carbocycles. The lowest BCUT2D eigenvalue weighted by Gasteiger charge is -2.12. The van der Waals surface area contributed by atoms with Crippen molar-refractivity contribution in [3.8, 4) is 11.5 Å². The van der Waals surface area contributed by atoms with Crippen molar-refractivity contribution >= 4 is 27.5 Å². The van der Waals surface area contributed by atoms with Gasteiger partial charge in [0.05, 0.1) is 23.7 Å².